The molecule has 1 atom stereocenters. The molecule has 0 fully saturated rings. The third kappa shape index (κ3) is 2.90. The molecular weight excluding hydrogens is 242 g/mol. The highest BCUT2D eigenvalue weighted by Gasteiger charge is 2.20. The van der Waals surface area contributed by atoms with Crippen molar-refractivity contribution >= 4 is 0 Å². The van der Waals surface area contributed by atoms with Crippen LogP contribution in [0.4, 0.5) is 0 Å². The van der Waals surface area contributed by atoms with Gasteiger partial charge in [-0.3, -0.25) is 0 Å². The van der Waals surface area contributed by atoms with Gasteiger partial charge in [0.25, 0.3) is 0 Å². The maximum absolute atomic E-state index is 5.45. The molecule has 1 aromatic heterocycles. The molecule has 4 nitrogen and oxygen atoms in total. The Labute approximate surface area is 113 Å². The molecule has 0 aliphatic carbocycles. The van der Waals surface area contributed by atoms with Crippen LogP contribution in [0.5, 0.6) is 11.5 Å². The molecule has 1 N–H and O–H groups in total. The fraction of sp³-hybridized carbons (Fsp3) is 0.333. The van der Waals surface area contributed by atoms with E-state index in [9.17, 15) is 0 Å². The molecule has 0 radical (unpaired) electrons. The van der Waals surface area contributed by atoms with E-state index in [1.54, 1.807) is 26.7 Å². The van der Waals surface area contributed by atoms with Crippen LogP contribution in [-0.4, -0.2) is 21.3 Å². The number of benzene rings is 1. The molecule has 1 unspecified atom stereocenters. The lowest BCUT2D eigenvalue weighted by Crippen LogP contribution is -2.20. The van der Waals surface area contributed by atoms with Gasteiger partial charge in [0.2, 0.25) is 0 Å². The Kier molecular flexibility index (Phi) is 4.47. The molecule has 2 rings (SSSR count). The summed E-state index contributed by atoms with van der Waals surface area (Å²) in [5.74, 6) is 1.64. The minimum absolute atomic E-state index is 0.101. The Morgan fingerprint density at radius 2 is 1.84 bits per heavy atom. The fourth-order valence-electron chi connectivity index (χ4n) is 2.22. The second kappa shape index (κ2) is 6.29. The van der Waals surface area contributed by atoms with Crippen molar-refractivity contribution in [2.45, 2.75) is 12.5 Å². The number of hydrogen-bond donors (Lipinski definition) is 1. The number of furan rings is 1. The summed E-state index contributed by atoms with van der Waals surface area (Å²) >= 11 is 0. The summed E-state index contributed by atoms with van der Waals surface area (Å²) in [4.78, 5) is 0. The van der Waals surface area contributed by atoms with Gasteiger partial charge in [0.1, 0.15) is 11.5 Å². The highest BCUT2D eigenvalue weighted by atomic mass is 16.5. The second-order valence-corrected chi connectivity index (χ2v) is 4.25. The highest BCUT2D eigenvalue weighted by molar-refractivity contribution is 5.47. The molecule has 0 saturated heterocycles. The molecule has 0 spiro atoms. The lowest BCUT2D eigenvalue weighted by molar-refractivity contribution is 0.373. The van der Waals surface area contributed by atoms with Crippen LogP contribution < -0.4 is 14.8 Å². The van der Waals surface area contributed by atoms with Crippen molar-refractivity contribution in [2.75, 3.05) is 21.3 Å². The Hall–Kier alpha value is -1.94. The maximum atomic E-state index is 5.45. The molecule has 0 bridgehead atoms. The zero-order chi connectivity index (χ0) is 13.7. The van der Waals surface area contributed by atoms with Crippen molar-refractivity contribution in [3.63, 3.8) is 0 Å². The Balaban J connectivity index is 2.36. The van der Waals surface area contributed by atoms with Crippen molar-refractivity contribution in [1.29, 1.82) is 0 Å². The molecule has 1 aromatic carbocycles. The van der Waals surface area contributed by atoms with Gasteiger partial charge in [0.15, 0.2) is 0 Å². The van der Waals surface area contributed by atoms with Crippen LogP contribution in [-0.2, 0) is 6.42 Å². The fourth-order valence-corrected chi connectivity index (χ4v) is 2.22. The van der Waals surface area contributed by atoms with Gasteiger partial charge < -0.3 is 19.2 Å². The Morgan fingerprint density at radius 3 is 2.32 bits per heavy atom. The monoisotopic (exact) mass is 261 g/mol. The van der Waals surface area contributed by atoms with Crippen LogP contribution in [0.3, 0.4) is 0 Å². The molecule has 4 heteroatoms. The first-order valence-electron chi connectivity index (χ1n) is 6.19. The third-order valence-electron chi connectivity index (χ3n) is 3.18. The third-order valence-corrected chi connectivity index (χ3v) is 3.18. The normalized spacial score (nSPS) is 12.2. The van der Waals surface area contributed by atoms with Crippen molar-refractivity contribution < 1.29 is 13.9 Å². The zero-order valence-electron chi connectivity index (χ0n) is 11.5. The van der Waals surface area contributed by atoms with Crippen molar-refractivity contribution in [3.05, 3.63) is 47.9 Å². The van der Waals surface area contributed by atoms with E-state index in [2.05, 4.69) is 5.32 Å². The quantitative estimate of drug-likeness (QED) is 0.868. The van der Waals surface area contributed by atoms with E-state index in [4.69, 9.17) is 13.9 Å². The molecular formula is C15H19NO3. The molecule has 0 aliphatic rings. The molecule has 1 heterocycles. The summed E-state index contributed by atoms with van der Waals surface area (Å²) < 4.78 is 16.0. The highest BCUT2D eigenvalue weighted by Crippen LogP contribution is 2.35. The predicted molar refractivity (Wildman–Crippen MR) is 73.8 cm³/mol. The lowest BCUT2D eigenvalue weighted by atomic mass is 9.98. The van der Waals surface area contributed by atoms with Gasteiger partial charge in [-0.2, -0.15) is 0 Å². The Bertz CT molecular complexity index is 486. The molecule has 19 heavy (non-hydrogen) atoms. The minimum atomic E-state index is 0.101. The molecule has 2 aromatic rings. The van der Waals surface area contributed by atoms with Crippen molar-refractivity contribution in [3.8, 4) is 11.5 Å². The summed E-state index contributed by atoms with van der Waals surface area (Å²) in [6.45, 7) is 0. The van der Waals surface area contributed by atoms with Crippen LogP contribution in [0.15, 0.2) is 41.2 Å². The summed E-state index contributed by atoms with van der Waals surface area (Å²) in [7, 11) is 5.27. The second-order valence-electron chi connectivity index (χ2n) is 4.25. The van der Waals surface area contributed by atoms with E-state index in [-0.39, 0.29) is 6.04 Å². The van der Waals surface area contributed by atoms with Gasteiger partial charge in [-0.1, -0.05) is 6.07 Å². The van der Waals surface area contributed by atoms with E-state index >= 15 is 0 Å². The number of nitrogens with one attached hydrogen (secondary N) is 1. The number of methoxy groups -OCH3 is 2. The van der Waals surface area contributed by atoms with Gasteiger partial charge in [-0.25, -0.2) is 0 Å². The van der Waals surface area contributed by atoms with Gasteiger partial charge in [-0.05, 0) is 37.2 Å². The summed E-state index contributed by atoms with van der Waals surface area (Å²) in [6.07, 6.45) is 4.25. The van der Waals surface area contributed by atoms with Crippen LogP contribution in [0.1, 0.15) is 17.2 Å². The van der Waals surface area contributed by atoms with Crippen LogP contribution in [0, 0.1) is 0 Å². The van der Waals surface area contributed by atoms with Crippen LogP contribution in [0.25, 0.3) is 0 Å². The standard InChI is InChI=1S/C15H19NO3/c1-16-12(9-11-7-8-19-10-11)15-13(17-2)5-4-6-14(15)18-3/h4-8,10,12,16H,9H2,1-3H3. The van der Waals surface area contributed by atoms with Gasteiger partial charge in [-0.15, -0.1) is 0 Å². The number of hydrogen-bond acceptors (Lipinski definition) is 4. The number of ether oxygens (including phenoxy) is 2. The van der Waals surface area contributed by atoms with E-state index in [0.717, 1.165) is 29.0 Å². The van der Waals surface area contributed by atoms with Crippen molar-refractivity contribution in [2.24, 2.45) is 0 Å². The smallest absolute Gasteiger partial charge is 0.127 e. The van der Waals surface area contributed by atoms with E-state index in [0.29, 0.717) is 0 Å². The van der Waals surface area contributed by atoms with E-state index in [1.807, 2.05) is 31.3 Å². The van der Waals surface area contributed by atoms with Gasteiger partial charge in [0, 0.05) is 6.04 Å². The first-order chi connectivity index (χ1) is 9.30. The maximum Gasteiger partial charge on any atom is 0.127 e. The summed E-state index contributed by atoms with van der Waals surface area (Å²) in [5.41, 5.74) is 2.16. The SMILES string of the molecule is CNC(Cc1ccoc1)c1c(OC)cccc1OC. The van der Waals surface area contributed by atoms with Crippen molar-refractivity contribution in [1.82, 2.24) is 5.32 Å². The van der Waals surface area contributed by atoms with Crippen LogP contribution in [0.2, 0.25) is 0 Å². The average molecular weight is 261 g/mol. The lowest BCUT2D eigenvalue weighted by Gasteiger charge is -2.21. The molecule has 0 amide bonds. The van der Waals surface area contributed by atoms with E-state index in [1.165, 1.54) is 0 Å². The number of rotatable bonds is 6. The summed E-state index contributed by atoms with van der Waals surface area (Å²) in [5, 5.41) is 3.30. The molecule has 0 saturated carbocycles. The first kappa shape index (κ1) is 13.5. The largest absolute Gasteiger partial charge is 0.496 e. The van der Waals surface area contributed by atoms with Crippen LogP contribution >= 0.6 is 0 Å². The van der Waals surface area contributed by atoms with Gasteiger partial charge in [0.05, 0.1) is 32.3 Å². The minimum Gasteiger partial charge on any atom is -0.496 e. The average Bonchev–Trinajstić information content (AvgIpc) is 2.97. The first-order valence-corrected chi connectivity index (χ1v) is 6.19. The molecule has 0 aliphatic heterocycles. The topological polar surface area (TPSA) is 43.6 Å². The zero-order valence-corrected chi connectivity index (χ0v) is 11.5. The predicted octanol–water partition coefficient (Wildman–Crippen LogP) is 2.80. The Morgan fingerprint density at radius 1 is 1.16 bits per heavy atom. The van der Waals surface area contributed by atoms with Gasteiger partial charge >= 0.3 is 0 Å². The van der Waals surface area contributed by atoms with E-state index < -0.39 is 0 Å². The summed E-state index contributed by atoms with van der Waals surface area (Å²) in [6, 6.07) is 7.87. The molecule has 102 valence electrons. The number of likely N-dealkylation sites (N-methyl/N-ethyl adjacent to an activating group) is 1.